The van der Waals surface area contributed by atoms with E-state index < -0.39 is 11.9 Å². The zero-order valence-corrected chi connectivity index (χ0v) is 14.9. The van der Waals surface area contributed by atoms with Gasteiger partial charge in [-0.1, -0.05) is 12.1 Å². The monoisotopic (exact) mass is 359 g/mol. The lowest BCUT2D eigenvalue weighted by Crippen LogP contribution is -2.39. The Balaban J connectivity index is 1.69. The largest absolute Gasteiger partial charge is 0.497 e. The molecule has 2 aromatic carbocycles. The minimum Gasteiger partial charge on any atom is -0.497 e. The molecule has 2 unspecified atom stereocenters. The number of hydrogen-bond donors (Lipinski definition) is 3. The number of carbonyl (C=O) groups excluding carboxylic acids is 1. The van der Waals surface area contributed by atoms with Gasteiger partial charge in [-0.3, -0.25) is 4.79 Å². The van der Waals surface area contributed by atoms with Crippen LogP contribution < -0.4 is 25.6 Å². The molecule has 3 rings (SSSR count). The van der Waals surface area contributed by atoms with Gasteiger partial charge < -0.3 is 14.8 Å². The van der Waals surface area contributed by atoms with Crippen LogP contribution in [-0.2, 0) is 4.79 Å². The van der Waals surface area contributed by atoms with Gasteiger partial charge in [0.2, 0.25) is 5.91 Å². The second-order valence-corrected chi connectivity index (χ2v) is 6.21. The normalized spacial score (nSPS) is 19.2. The molecule has 2 atom stereocenters. The summed E-state index contributed by atoms with van der Waals surface area (Å²) in [6, 6.07) is 9.64. The smallest absolute Gasteiger partial charge is 0.243 e. The van der Waals surface area contributed by atoms with E-state index in [9.17, 15) is 9.18 Å². The second kappa shape index (κ2) is 7.72. The van der Waals surface area contributed by atoms with Crippen molar-refractivity contribution in [1.82, 2.24) is 10.9 Å². The van der Waals surface area contributed by atoms with Gasteiger partial charge in [0.15, 0.2) is 0 Å². The maximum atomic E-state index is 13.9. The first-order chi connectivity index (χ1) is 12.5. The molecule has 0 spiro atoms. The number of ether oxygens (including phenoxy) is 2. The third kappa shape index (κ3) is 3.79. The number of methoxy groups -OCH3 is 2. The first kappa shape index (κ1) is 18.2. The molecule has 138 valence electrons. The van der Waals surface area contributed by atoms with Crippen LogP contribution in [0.2, 0.25) is 0 Å². The van der Waals surface area contributed by atoms with Crippen molar-refractivity contribution >= 4 is 11.6 Å². The van der Waals surface area contributed by atoms with E-state index in [2.05, 4.69) is 16.2 Å². The Labute approximate surface area is 151 Å². The average molecular weight is 359 g/mol. The van der Waals surface area contributed by atoms with E-state index in [0.717, 1.165) is 11.1 Å². The molecule has 7 heteroatoms. The summed E-state index contributed by atoms with van der Waals surface area (Å²) in [4.78, 5) is 12.5. The quantitative estimate of drug-likeness (QED) is 0.766. The maximum Gasteiger partial charge on any atom is 0.243 e. The summed E-state index contributed by atoms with van der Waals surface area (Å²) in [5.74, 6) is 0.628. The molecule has 1 heterocycles. The van der Waals surface area contributed by atoms with Gasteiger partial charge in [0, 0.05) is 11.6 Å². The lowest BCUT2D eigenvalue weighted by Gasteiger charge is -2.15. The Bertz CT molecular complexity index is 813. The van der Waals surface area contributed by atoms with Gasteiger partial charge >= 0.3 is 0 Å². The number of hydrogen-bond acceptors (Lipinski definition) is 5. The molecule has 1 saturated heterocycles. The summed E-state index contributed by atoms with van der Waals surface area (Å²) in [6.07, 6.45) is 0.502. The topological polar surface area (TPSA) is 71.6 Å². The van der Waals surface area contributed by atoms with E-state index in [-0.39, 0.29) is 17.6 Å². The van der Waals surface area contributed by atoms with Gasteiger partial charge in [-0.05, 0) is 37.1 Å². The highest BCUT2D eigenvalue weighted by molar-refractivity contribution is 5.95. The highest BCUT2D eigenvalue weighted by atomic mass is 19.1. The van der Waals surface area contributed by atoms with Crippen molar-refractivity contribution in [3.05, 3.63) is 53.3 Å². The predicted octanol–water partition coefficient (Wildman–Crippen LogP) is 2.70. The number of carbonyl (C=O) groups is 1. The number of amides is 1. The average Bonchev–Trinajstić information content (AvgIpc) is 3.13. The van der Waals surface area contributed by atoms with E-state index in [1.54, 1.807) is 39.3 Å². The highest BCUT2D eigenvalue weighted by Crippen LogP contribution is 2.33. The van der Waals surface area contributed by atoms with Crippen LogP contribution in [0.25, 0.3) is 0 Å². The molecule has 0 bridgehead atoms. The molecule has 2 aromatic rings. The first-order valence-corrected chi connectivity index (χ1v) is 8.32. The van der Waals surface area contributed by atoms with Crippen molar-refractivity contribution in [3.8, 4) is 11.5 Å². The number of benzene rings is 2. The Morgan fingerprint density at radius 2 is 1.96 bits per heavy atom. The van der Waals surface area contributed by atoms with Gasteiger partial charge in [-0.25, -0.2) is 15.2 Å². The number of nitrogens with one attached hydrogen (secondary N) is 3. The van der Waals surface area contributed by atoms with Crippen molar-refractivity contribution in [3.63, 3.8) is 0 Å². The second-order valence-electron chi connectivity index (χ2n) is 6.21. The van der Waals surface area contributed by atoms with Crippen LogP contribution in [-0.4, -0.2) is 26.2 Å². The molecular formula is C19H22FN3O3. The lowest BCUT2D eigenvalue weighted by molar-refractivity contribution is -0.117. The Kier molecular flexibility index (Phi) is 5.39. The third-order valence-corrected chi connectivity index (χ3v) is 4.42. The molecule has 1 fully saturated rings. The van der Waals surface area contributed by atoms with Crippen molar-refractivity contribution in [2.45, 2.75) is 25.4 Å². The van der Waals surface area contributed by atoms with Crippen LogP contribution in [0.5, 0.6) is 11.5 Å². The Morgan fingerprint density at radius 1 is 1.15 bits per heavy atom. The Morgan fingerprint density at radius 3 is 2.65 bits per heavy atom. The number of halogens is 1. The zero-order chi connectivity index (χ0) is 18.7. The van der Waals surface area contributed by atoms with Crippen LogP contribution >= 0.6 is 0 Å². The summed E-state index contributed by atoms with van der Waals surface area (Å²) in [5, 5.41) is 2.63. The van der Waals surface area contributed by atoms with E-state index in [4.69, 9.17) is 9.47 Å². The summed E-state index contributed by atoms with van der Waals surface area (Å²) in [7, 11) is 3.18. The van der Waals surface area contributed by atoms with Crippen molar-refractivity contribution in [2.75, 3.05) is 19.5 Å². The maximum absolute atomic E-state index is 13.9. The first-order valence-electron chi connectivity index (χ1n) is 8.32. The van der Waals surface area contributed by atoms with E-state index >= 15 is 0 Å². The zero-order valence-electron chi connectivity index (χ0n) is 14.9. The SMILES string of the molecule is COc1ccc(C2CC(C(=O)Nc3ccc(C)cc3F)NN2)c(OC)c1. The molecule has 0 aliphatic carbocycles. The fourth-order valence-electron chi connectivity index (χ4n) is 2.98. The molecule has 0 aromatic heterocycles. The minimum atomic E-state index is -0.493. The Hall–Kier alpha value is -2.64. The lowest BCUT2D eigenvalue weighted by atomic mass is 10.0. The number of rotatable bonds is 5. The van der Waals surface area contributed by atoms with Crippen LogP contribution in [0, 0.1) is 12.7 Å². The fraction of sp³-hybridized carbons (Fsp3) is 0.316. The number of aryl methyl sites for hydroxylation is 1. The standard InChI is InChI=1S/C19H22FN3O3/c1-11-4-7-15(14(20)8-11)21-19(24)17-10-16(22-23-17)13-6-5-12(25-2)9-18(13)26-3/h4-9,16-17,22-23H,10H2,1-3H3,(H,21,24). The van der Waals surface area contributed by atoms with Crippen molar-refractivity contribution in [1.29, 1.82) is 0 Å². The summed E-state index contributed by atoms with van der Waals surface area (Å²) in [6.45, 7) is 1.80. The van der Waals surface area contributed by atoms with Crippen molar-refractivity contribution in [2.24, 2.45) is 0 Å². The van der Waals surface area contributed by atoms with Gasteiger partial charge in [0.25, 0.3) is 0 Å². The summed E-state index contributed by atoms with van der Waals surface area (Å²) in [5.41, 5.74) is 7.95. The van der Waals surface area contributed by atoms with Crippen LogP contribution in [0.3, 0.4) is 0 Å². The molecule has 0 saturated carbocycles. The predicted molar refractivity (Wildman–Crippen MR) is 96.7 cm³/mol. The van der Waals surface area contributed by atoms with Gasteiger partial charge in [0.05, 0.1) is 25.9 Å². The van der Waals surface area contributed by atoms with Gasteiger partial charge in [-0.2, -0.15) is 0 Å². The van der Waals surface area contributed by atoms with Crippen molar-refractivity contribution < 1.29 is 18.7 Å². The van der Waals surface area contributed by atoms with Gasteiger partial charge in [0.1, 0.15) is 23.4 Å². The van der Waals surface area contributed by atoms with Crippen LogP contribution in [0.4, 0.5) is 10.1 Å². The molecule has 3 N–H and O–H groups in total. The molecule has 1 aliphatic heterocycles. The molecule has 6 nitrogen and oxygen atoms in total. The van der Waals surface area contributed by atoms with E-state index in [0.29, 0.717) is 17.9 Å². The number of hydrazine groups is 1. The molecule has 1 amide bonds. The minimum absolute atomic E-state index is 0.116. The summed E-state index contributed by atoms with van der Waals surface area (Å²) < 4.78 is 24.6. The van der Waals surface area contributed by atoms with E-state index in [1.807, 2.05) is 12.1 Å². The third-order valence-electron chi connectivity index (χ3n) is 4.42. The molecule has 1 aliphatic rings. The van der Waals surface area contributed by atoms with Crippen LogP contribution in [0.1, 0.15) is 23.6 Å². The van der Waals surface area contributed by atoms with Gasteiger partial charge in [-0.15, -0.1) is 0 Å². The number of anilines is 1. The molecule has 0 radical (unpaired) electrons. The molecule has 26 heavy (non-hydrogen) atoms. The summed E-state index contributed by atoms with van der Waals surface area (Å²) >= 11 is 0. The molecular weight excluding hydrogens is 337 g/mol. The van der Waals surface area contributed by atoms with Crippen LogP contribution in [0.15, 0.2) is 36.4 Å². The fourth-order valence-corrected chi connectivity index (χ4v) is 2.98. The highest BCUT2D eigenvalue weighted by Gasteiger charge is 2.32. The van der Waals surface area contributed by atoms with E-state index in [1.165, 1.54) is 6.07 Å².